The Morgan fingerprint density at radius 3 is 2.59 bits per heavy atom. The van der Waals surface area contributed by atoms with Crippen molar-refractivity contribution in [3.8, 4) is 0 Å². The third-order valence-corrected chi connectivity index (χ3v) is 8.04. The molecule has 0 fully saturated rings. The van der Waals surface area contributed by atoms with Crippen molar-refractivity contribution in [2.45, 2.75) is 50.0 Å². The van der Waals surface area contributed by atoms with Crippen LogP contribution in [-0.4, -0.2) is 39.0 Å². The molecule has 0 aliphatic rings. The lowest BCUT2D eigenvalue weighted by atomic mass is 10.1. The molecule has 1 N–H and O–H groups in total. The summed E-state index contributed by atoms with van der Waals surface area (Å²) in [6, 6.07) is 8.35. The summed E-state index contributed by atoms with van der Waals surface area (Å²) in [7, 11) is 0. The van der Waals surface area contributed by atoms with Crippen molar-refractivity contribution in [2.24, 2.45) is 0 Å². The van der Waals surface area contributed by atoms with Crippen LogP contribution in [0, 0.1) is 20.8 Å². The standard InChI is InChI=1S/C24H28N4O3S3/c1-6-12-28-19(13-32-18-10-8-15(3)9-11-18)26-27-24(28)33-14-20(29)25-22-21(23(30)31-7-2)16(4)17(5)34-22/h6,8-11H,1,7,12-14H2,2-5H3,(H,25,29). The Bertz CT molecular complexity index is 1170. The van der Waals surface area contributed by atoms with Crippen molar-refractivity contribution in [2.75, 3.05) is 17.7 Å². The summed E-state index contributed by atoms with van der Waals surface area (Å²) >= 11 is 4.36. The second-order valence-electron chi connectivity index (χ2n) is 7.44. The molecule has 1 amide bonds. The van der Waals surface area contributed by atoms with Crippen molar-refractivity contribution in [3.63, 3.8) is 0 Å². The summed E-state index contributed by atoms with van der Waals surface area (Å²) in [4.78, 5) is 27.2. The molecule has 0 radical (unpaired) electrons. The SMILES string of the molecule is C=CCn1c(CSc2ccc(C)cc2)nnc1SCC(=O)Nc1sc(C)c(C)c1C(=O)OCC. The normalized spacial score (nSPS) is 10.8. The predicted molar refractivity (Wildman–Crippen MR) is 140 cm³/mol. The molecule has 0 aliphatic carbocycles. The molecule has 180 valence electrons. The topological polar surface area (TPSA) is 86.1 Å². The first-order chi connectivity index (χ1) is 16.3. The quantitative estimate of drug-likeness (QED) is 0.200. The zero-order valence-corrected chi connectivity index (χ0v) is 22.2. The molecule has 0 saturated carbocycles. The number of allylic oxidation sites excluding steroid dienone is 1. The average molecular weight is 517 g/mol. The molecule has 0 unspecified atom stereocenters. The van der Waals surface area contributed by atoms with Crippen LogP contribution < -0.4 is 5.32 Å². The fourth-order valence-corrected chi connectivity index (χ4v) is 5.75. The molecule has 0 aliphatic heterocycles. The van der Waals surface area contributed by atoms with Gasteiger partial charge in [0.05, 0.1) is 23.7 Å². The number of rotatable bonds is 11. The summed E-state index contributed by atoms with van der Waals surface area (Å²) in [5, 5.41) is 12.7. The maximum atomic E-state index is 12.7. The van der Waals surface area contributed by atoms with Gasteiger partial charge in [-0.25, -0.2) is 4.79 Å². The van der Waals surface area contributed by atoms with E-state index in [-0.39, 0.29) is 18.3 Å². The Labute approximate surface area is 212 Å². The van der Waals surface area contributed by atoms with E-state index in [1.165, 1.54) is 28.7 Å². The molecule has 0 atom stereocenters. The van der Waals surface area contributed by atoms with Crippen LogP contribution in [0.5, 0.6) is 0 Å². The third kappa shape index (κ3) is 6.52. The number of nitrogens with zero attached hydrogens (tertiary/aromatic N) is 3. The number of benzene rings is 1. The van der Waals surface area contributed by atoms with Gasteiger partial charge < -0.3 is 14.6 Å². The van der Waals surface area contributed by atoms with E-state index in [2.05, 4.69) is 53.3 Å². The molecule has 3 aromatic rings. The number of anilines is 1. The van der Waals surface area contributed by atoms with Crippen LogP contribution in [0.2, 0.25) is 0 Å². The number of nitrogens with one attached hydrogen (secondary N) is 1. The molecule has 0 bridgehead atoms. The molecule has 0 saturated heterocycles. The monoisotopic (exact) mass is 516 g/mol. The minimum absolute atomic E-state index is 0.138. The van der Waals surface area contributed by atoms with Gasteiger partial charge in [0.2, 0.25) is 5.91 Å². The second kappa shape index (κ2) is 12.2. The Balaban J connectivity index is 1.65. The van der Waals surface area contributed by atoms with Gasteiger partial charge in [0.15, 0.2) is 5.16 Å². The van der Waals surface area contributed by atoms with Crippen LogP contribution in [0.4, 0.5) is 5.00 Å². The predicted octanol–water partition coefficient (Wildman–Crippen LogP) is 5.65. The number of aryl methyl sites for hydroxylation is 2. The molecule has 10 heteroatoms. The van der Waals surface area contributed by atoms with E-state index in [4.69, 9.17) is 4.74 Å². The highest BCUT2D eigenvalue weighted by Crippen LogP contribution is 2.33. The summed E-state index contributed by atoms with van der Waals surface area (Å²) in [6.45, 7) is 12.3. The van der Waals surface area contributed by atoms with E-state index in [0.29, 0.717) is 28.0 Å². The van der Waals surface area contributed by atoms with Crippen molar-refractivity contribution in [3.05, 3.63) is 64.3 Å². The molecule has 0 spiro atoms. The van der Waals surface area contributed by atoms with E-state index < -0.39 is 5.97 Å². The second-order valence-corrected chi connectivity index (χ2v) is 10.7. The lowest BCUT2D eigenvalue weighted by molar-refractivity contribution is -0.113. The van der Waals surface area contributed by atoms with Gasteiger partial charge in [-0.05, 0) is 45.4 Å². The number of ether oxygens (including phenoxy) is 1. The summed E-state index contributed by atoms with van der Waals surface area (Å²) in [5.41, 5.74) is 2.47. The van der Waals surface area contributed by atoms with E-state index in [9.17, 15) is 9.59 Å². The maximum Gasteiger partial charge on any atom is 0.341 e. The fraction of sp³-hybridized carbons (Fsp3) is 0.333. The number of esters is 1. The van der Waals surface area contributed by atoms with E-state index in [1.54, 1.807) is 24.8 Å². The Kier molecular flexibility index (Phi) is 9.37. The largest absolute Gasteiger partial charge is 0.462 e. The lowest BCUT2D eigenvalue weighted by Gasteiger charge is -2.09. The van der Waals surface area contributed by atoms with Crippen molar-refractivity contribution >= 4 is 51.7 Å². The average Bonchev–Trinajstić information content (AvgIpc) is 3.31. The minimum Gasteiger partial charge on any atom is -0.462 e. The van der Waals surface area contributed by atoms with E-state index in [0.717, 1.165) is 21.2 Å². The zero-order chi connectivity index (χ0) is 24.7. The van der Waals surface area contributed by atoms with Gasteiger partial charge in [-0.15, -0.1) is 39.9 Å². The van der Waals surface area contributed by atoms with Crippen LogP contribution in [-0.2, 0) is 21.8 Å². The number of hydrogen-bond donors (Lipinski definition) is 1. The van der Waals surface area contributed by atoms with Crippen molar-refractivity contribution in [1.29, 1.82) is 0 Å². The number of aromatic nitrogens is 3. The summed E-state index contributed by atoms with van der Waals surface area (Å²) < 4.78 is 7.13. The Hall–Kier alpha value is -2.56. The summed E-state index contributed by atoms with van der Waals surface area (Å²) in [6.07, 6.45) is 1.79. The Morgan fingerprint density at radius 2 is 1.91 bits per heavy atom. The molecular formula is C24H28N4O3S3. The molecule has 7 nitrogen and oxygen atoms in total. The minimum atomic E-state index is -0.422. The van der Waals surface area contributed by atoms with Gasteiger partial charge in [-0.2, -0.15) is 0 Å². The van der Waals surface area contributed by atoms with Gasteiger partial charge >= 0.3 is 5.97 Å². The van der Waals surface area contributed by atoms with Gasteiger partial charge in [-0.3, -0.25) is 4.79 Å². The molecule has 3 rings (SSSR count). The van der Waals surface area contributed by atoms with Crippen LogP contribution in [0.1, 0.15) is 39.1 Å². The third-order valence-electron chi connectivity index (χ3n) is 4.94. The number of thioether (sulfide) groups is 2. The number of hydrogen-bond acceptors (Lipinski definition) is 8. The first-order valence-corrected chi connectivity index (χ1v) is 13.5. The van der Waals surface area contributed by atoms with E-state index in [1.807, 2.05) is 18.4 Å². The first kappa shape index (κ1) is 26.1. The first-order valence-electron chi connectivity index (χ1n) is 10.8. The molecule has 34 heavy (non-hydrogen) atoms. The highest BCUT2D eigenvalue weighted by Gasteiger charge is 2.22. The molecule has 2 heterocycles. The van der Waals surface area contributed by atoms with Crippen LogP contribution in [0.3, 0.4) is 0 Å². The van der Waals surface area contributed by atoms with Gasteiger partial charge in [0.25, 0.3) is 0 Å². The van der Waals surface area contributed by atoms with Gasteiger partial charge in [0, 0.05) is 16.3 Å². The highest BCUT2D eigenvalue weighted by atomic mass is 32.2. The van der Waals surface area contributed by atoms with Crippen molar-refractivity contribution < 1.29 is 14.3 Å². The molecular weight excluding hydrogens is 488 g/mol. The highest BCUT2D eigenvalue weighted by molar-refractivity contribution is 7.99. The smallest absolute Gasteiger partial charge is 0.341 e. The number of amides is 1. The fourth-order valence-electron chi connectivity index (χ4n) is 3.08. The van der Waals surface area contributed by atoms with E-state index >= 15 is 0 Å². The summed E-state index contributed by atoms with van der Waals surface area (Å²) in [5.74, 6) is 0.975. The lowest BCUT2D eigenvalue weighted by Crippen LogP contribution is -2.17. The number of carbonyl (C=O) groups excluding carboxylic acids is 2. The Morgan fingerprint density at radius 1 is 1.18 bits per heavy atom. The number of thiophene rings is 1. The van der Waals surface area contributed by atoms with Crippen molar-refractivity contribution in [1.82, 2.24) is 14.8 Å². The number of carbonyl (C=O) groups is 2. The molecule has 2 aromatic heterocycles. The van der Waals surface area contributed by atoms with Gasteiger partial charge in [0.1, 0.15) is 10.8 Å². The van der Waals surface area contributed by atoms with Gasteiger partial charge in [-0.1, -0.05) is 35.5 Å². The van der Waals surface area contributed by atoms with Crippen LogP contribution >= 0.6 is 34.9 Å². The zero-order valence-electron chi connectivity index (χ0n) is 19.7. The molecule has 1 aromatic carbocycles. The van der Waals surface area contributed by atoms with Crippen LogP contribution in [0.15, 0.2) is 47.0 Å². The van der Waals surface area contributed by atoms with Crippen LogP contribution in [0.25, 0.3) is 0 Å². The maximum absolute atomic E-state index is 12.7.